The van der Waals surface area contributed by atoms with Crippen molar-refractivity contribution in [2.24, 2.45) is 0 Å². The molecule has 1 aromatic rings. The summed E-state index contributed by atoms with van der Waals surface area (Å²) in [5.74, 6) is -2.39. The maximum absolute atomic E-state index is 14.3. The SMILES string of the molecule is C=CCOP(=O)(OCC=C)C1=C(C)N(CCOCCC)C(C)=C(C(=O)O)C1c1cccc([N+](=O)[O-])c1. The fourth-order valence-corrected chi connectivity index (χ4v) is 6.15. The number of carboxylic acid groups (broad SMARTS) is 1. The number of allylic oxidation sites excluding steroid dienone is 3. The van der Waals surface area contributed by atoms with E-state index in [1.165, 1.54) is 30.4 Å². The molecule has 1 N–H and O–H groups in total. The van der Waals surface area contributed by atoms with Crippen molar-refractivity contribution in [2.75, 3.05) is 33.0 Å². The smallest absolute Gasteiger partial charge is 0.360 e. The summed E-state index contributed by atoms with van der Waals surface area (Å²) in [4.78, 5) is 25.2. The van der Waals surface area contributed by atoms with Crippen LogP contribution < -0.4 is 0 Å². The minimum atomic E-state index is -4.14. The number of nitrogens with zero attached hydrogens (tertiary/aromatic N) is 2. The zero-order valence-electron chi connectivity index (χ0n) is 20.8. The average Bonchev–Trinajstić information content (AvgIpc) is 2.85. The summed E-state index contributed by atoms with van der Waals surface area (Å²) in [7, 11) is -4.14. The summed E-state index contributed by atoms with van der Waals surface area (Å²) in [6.07, 6.45) is 3.63. The fraction of sp³-hybridized carbons (Fsp3) is 0.400. The molecule has 1 unspecified atom stereocenters. The molecule has 11 heteroatoms. The summed E-state index contributed by atoms with van der Waals surface area (Å²) in [6, 6.07) is 5.60. The van der Waals surface area contributed by atoms with Gasteiger partial charge in [-0.3, -0.25) is 14.7 Å². The van der Waals surface area contributed by atoms with Gasteiger partial charge in [-0.2, -0.15) is 0 Å². The summed E-state index contributed by atoms with van der Waals surface area (Å²) in [6.45, 7) is 13.4. The number of benzene rings is 1. The van der Waals surface area contributed by atoms with Crippen molar-refractivity contribution < 1.29 is 33.2 Å². The number of carboxylic acids is 1. The van der Waals surface area contributed by atoms with Crippen molar-refractivity contribution in [1.29, 1.82) is 0 Å². The molecule has 1 heterocycles. The Labute approximate surface area is 211 Å². The second kappa shape index (κ2) is 13.3. The van der Waals surface area contributed by atoms with Gasteiger partial charge in [0.1, 0.15) is 0 Å². The topological polar surface area (TPSA) is 128 Å². The van der Waals surface area contributed by atoms with Crippen LogP contribution >= 0.6 is 7.60 Å². The summed E-state index contributed by atoms with van der Waals surface area (Å²) in [5, 5.41) is 21.9. The molecule has 1 aliphatic heterocycles. The Balaban J connectivity index is 2.83. The highest BCUT2D eigenvalue weighted by Gasteiger charge is 2.46. The maximum Gasteiger partial charge on any atom is 0.360 e. The van der Waals surface area contributed by atoms with Gasteiger partial charge in [0.05, 0.1) is 41.5 Å². The van der Waals surface area contributed by atoms with Crippen LogP contribution in [0.3, 0.4) is 0 Å². The largest absolute Gasteiger partial charge is 0.478 e. The summed E-state index contributed by atoms with van der Waals surface area (Å²) >= 11 is 0. The van der Waals surface area contributed by atoms with Crippen LogP contribution in [-0.4, -0.2) is 53.9 Å². The van der Waals surface area contributed by atoms with E-state index in [2.05, 4.69) is 13.2 Å². The van der Waals surface area contributed by atoms with Crippen LogP contribution in [0.4, 0.5) is 5.69 Å². The maximum atomic E-state index is 14.3. The Kier molecular flexibility index (Phi) is 10.8. The van der Waals surface area contributed by atoms with Gasteiger partial charge in [0.15, 0.2) is 0 Å². The Morgan fingerprint density at radius 2 is 1.83 bits per heavy atom. The van der Waals surface area contributed by atoms with Gasteiger partial charge >= 0.3 is 13.6 Å². The number of aliphatic carboxylic acids is 1. The van der Waals surface area contributed by atoms with Crippen molar-refractivity contribution in [3.8, 4) is 0 Å². The van der Waals surface area contributed by atoms with Crippen molar-refractivity contribution >= 4 is 19.3 Å². The number of ether oxygens (including phenoxy) is 1. The molecule has 0 amide bonds. The molecule has 0 bridgehead atoms. The third-order valence-electron chi connectivity index (χ3n) is 5.60. The zero-order valence-corrected chi connectivity index (χ0v) is 21.7. The van der Waals surface area contributed by atoms with Crippen LogP contribution in [0.5, 0.6) is 0 Å². The van der Waals surface area contributed by atoms with E-state index in [4.69, 9.17) is 13.8 Å². The van der Waals surface area contributed by atoms with Gasteiger partial charge in [0.25, 0.3) is 5.69 Å². The van der Waals surface area contributed by atoms with E-state index < -0.39 is 24.4 Å². The Hall–Kier alpha value is -3.04. The zero-order chi connectivity index (χ0) is 26.9. The van der Waals surface area contributed by atoms with Gasteiger partial charge in [-0.15, -0.1) is 13.2 Å². The second-order valence-corrected chi connectivity index (χ2v) is 9.98. The van der Waals surface area contributed by atoms with E-state index in [9.17, 15) is 24.6 Å². The Morgan fingerprint density at radius 3 is 2.36 bits per heavy atom. The van der Waals surface area contributed by atoms with Crippen molar-refractivity contribution in [1.82, 2.24) is 4.90 Å². The fourth-order valence-electron chi connectivity index (χ4n) is 4.08. The molecule has 0 aromatic heterocycles. The number of non-ortho nitro benzene ring substituents is 1. The normalized spacial score (nSPS) is 16.3. The predicted octanol–water partition coefficient (Wildman–Crippen LogP) is 5.61. The van der Waals surface area contributed by atoms with E-state index in [0.29, 0.717) is 31.2 Å². The van der Waals surface area contributed by atoms with Gasteiger partial charge in [-0.1, -0.05) is 31.2 Å². The van der Waals surface area contributed by atoms with Crippen molar-refractivity contribution in [2.45, 2.75) is 33.1 Å². The van der Waals surface area contributed by atoms with Crippen LogP contribution in [-0.2, 0) is 23.1 Å². The molecular weight excluding hydrogens is 487 g/mol. The van der Waals surface area contributed by atoms with Gasteiger partial charge < -0.3 is 23.8 Å². The molecule has 2 rings (SSSR count). The van der Waals surface area contributed by atoms with Gasteiger partial charge in [0, 0.05) is 36.7 Å². The lowest BCUT2D eigenvalue weighted by Gasteiger charge is -2.39. The van der Waals surface area contributed by atoms with Crippen LogP contribution in [0.25, 0.3) is 0 Å². The first-order valence-corrected chi connectivity index (χ1v) is 13.0. The monoisotopic (exact) mass is 520 g/mol. The van der Waals surface area contributed by atoms with Crippen LogP contribution in [0, 0.1) is 10.1 Å². The molecule has 0 spiro atoms. The van der Waals surface area contributed by atoms with Crippen molar-refractivity contribution in [3.63, 3.8) is 0 Å². The number of rotatable bonds is 15. The quantitative estimate of drug-likeness (QED) is 0.103. The van der Waals surface area contributed by atoms with Crippen LogP contribution in [0.2, 0.25) is 0 Å². The molecule has 0 aliphatic carbocycles. The number of carbonyl (C=O) groups is 1. The third kappa shape index (κ3) is 6.59. The summed E-state index contributed by atoms with van der Waals surface area (Å²) in [5.41, 5.74) is 0.832. The molecule has 1 aromatic carbocycles. The minimum absolute atomic E-state index is 0.0868. The van der Waals surface area contributed by atoms with E-state index in [1.54, 1.807) is 24.8 Å². The molecule has 10 nitrogen and oxygen atoms in total. The Morgan fingerprint density at radius 1 is 1.19 bits per heavy atom. The molecule has 1 atom stereocenters. The highest BCUT2D eigenvalue weighted by Crippen LogP contribution is 2.65. The Bertz CT molecular complexity index is 1100. The van der Waals surface area contributed by atoms with Gasteiger partial charge in [0.2, 0.25) is 0 Å². The molecule has 1 aliphatic rings. The van der Waals surface area contributed by atoms with Gasteiger partial charge in [-0.05, 0) is 25.8 Å². The third-order valence-corrected chi connectivity index (χ3v) is 7.75. The number of hydrogen-bond donors (Lipinski definition) is 1. The lowest BCUT2D eigenvalue weighted by atomic mass is 9.85. The van der Waals surface area contributed by atoms with Crippen LogP contribution in [0.1, 0.15) is 38.7 Å². The highest BCUT2D eigenvalue weighted by molar-refractivity contribution is 7.58. The molecular formula is C25H33N2O8P. The first kappa shape index (κ1) is 29.2. The van der Waals surface area contributed by atoms with Crippen LogP contribution in [0.15, 0.2) is 71.9 Å². The molecule has 36 heavy (non-hydrogen) atoms. The standard InChI is InChI=1S/C25H33N2O8P/c1-6-13-33-16-12-26-18(4)22(25(28)29)23(20-10-9-11-21(17-20)27(30)31)24(19(26)5)36(32,34-14-7-2)35-15-8-3/h7-11,17,23H,2-3,6,12-16H2,1,4-5H3,(H,28,29). The first-order chi connectivity index (χ1) is 17.1. The second-order valence-electron chi connectivity index (χ2n) is 7.99. The van der Waals surface area contributed by atoms with E-state index in [0.717, 1.165) is 6.42 Å². The highest BCUT2D eigenvalue weighted by atomic mass is 31.2. The minimum Gasteiger partial charge on any atom is -0.478 e. The number of nitro benzene ring substituents is 1. The molecule has 0 fully saturated rings. The average molecular weight is 521 g/mol. The molecule has 196 valence electrons. The molecule has 0 radical (unpaired) electrons. The van der Waals surface area contributed by atoms with Crippen molar-refractivity contribution in [3.05, 3.63) is 87.5 Å². The van der Waals surface area contributed by atoms with E-state index in [-0.39, 0.29) is 35.4 Å². The molecule has 0 saturated carbocycles. The predicted molar refractivity (Wildman–Crippen MR) is 137 cm³/mol. The summed E-state index contributed by atoms with van der Waals surface area (Å²) < 4.78 is 31.3. The van der Waals surface area contributed by atoms with Gasteiger partial charge in [-0.25, -0.2) is 4.79 Å². The lowest BCUT2D eigenvalue weighted by Crippen LogP contribution is -2.34. The number of nitro groups is 1. The first-order valence-electron chi connectivity index (χ1n) is 11.5. The molecule has 0 saturated heterocycles. The lowest BCUT2D eigenvalue weighted by molar-refractivity contribution is -0.384. The van der Waals surface area contributed by atoms with E-state index >= 15 is 0 Å². The van der Waals surface area contributed by atoms with E-state index in [1.807, 2.05) is 6.92 Å². The number of hydrogen-bond acceptors (Lipinski definition) is 8.